The van der Waals surface area contributed by atoms with E-state index >= 15 is 0 Å². The molecule has 17 nitrogen and oxygen atoms in total. The van der Waals surface area contributed by atoms with Crippen LogP contribution in [0, 0.1) is 23.7 Å². The van der Waals surface area contributed by atoms with Crippen LogP contribution in [0.3, 0.4) is 0 Å². The predicted octanol–water partition coefficient (Wildman–Crippen LogP) is 3.37. The Kier molecular flexibility index (Phi) is 12.5. The summed E-state index contributed by atoms with van der Waals surface area (Å²) < 4.78 is 25.2. The van der Waals surface area contributed by atoms with Crippen molar-refractivity contribution < 1.29 is 83.7 Å². The van der Waals surface area contributed by atoms with Gasteiger partial charge in [0.25, 0.3) is 6.29 Å². The van der Waals surface area contributed by atoms with Gasteiger partial charge in [-0.2, -0.15) is 0 Å². The van der Waals surface area contributed by atoms with E-state index in [1.165, 1.54) is 13.0 Å². The van der Waals surface area contributed by atoms with Crippen LogP contribution in [0.25, 0.3) is 0 Å². The zero-order valence-electron chi connectivity index (χ0n) is 28.3. The lowest BCUT2D eigenvalue weighted by Gasteiger charge is -2.52. The fraction of sp³-hybridized carbons (Fsp3) is 0.636. The highest BCUT2D eigenvalue weighted by Gasteiger charge is 2.91. The molecule has 17 heteroatoms. The van der Waals surface area contributed by atoms with Crippen LogP contribution in [0.5, 0.6) is 0 Å². The average molecular weight is 715 g/mol. The van der Waals surface area contributed by atoms with Crippen LogP contribution in [-0.4, -0.2) is 107 Å². The monoisotopic (exact) mass is 714 g/mol. The minimum atomic E-state index is -4.12. The molecule has 280 valence electrons. The SMILES string of the molecule is CCC(C)CC(C)C[C@@H](C(=O)O)[C@]1(O)[C@@H](O)[C@@]2(C/C=C(\C)C(O)C(C)Cc3ccccc3)O[C@H](OC(=O)O)[C@@](O)(OC(=O)O)[C@]1(OC(=O)O)O2. The van der Waals surface area contributed by atoms with Gasteiger partial charge in [0.1, 0.15) is 6.10 Å². The van der Waals surface area contributed by atoms with Crippen LogP contribution in [0.15, 0.2) is 42.0 Å². The number of ether oxygens (including phenoxy) is 5. The number of aliphatic hydroxyl groups is 4. The zero-order valence-corrected chi connectivity index (χ0v) is 28.3. The Balaban J connectivity index is 2.25. The molecule has 0 amide bonds. The van der Waals surface area contributed by atoms with Crippen LogP contribution in [0.2, 0.25) is 0 Å². The summed E-state index contributed by atoms with van der Waals surface area (Å²) in [4.78, 5) is 48.8. The summed E-state index contributed by atoms with van der Waals surface area (Å²) in [6.07, 6.45) is -12.5. The Bertz CT molecular complexity index is 1420. The molecular formula is C33H46O17. The highest BCUT2D eigenvalue weighted by Crippen LogP contribution is 2.62. The van der Waals surface area contributed by atoms with Crippen LogP contribution in [0.1, 0.15) is 65.9 Å². The first-order chi connectivity index (χ1) is 23.2. The number of carboxylic acids is 1. The van der Waals surface area contributed by atoms with Gasteiger partial charge < -0.3 is 59.8 Å². The van der Waals surface area contributed by atoms with E-state index < -0.39 is 96.5 Å². The summed E-state index contributed by atoms with van der Waals surface area (Å²) in [6.45, 7) is 8.59. The number of benzene rings is 1. The lowest BCUT2D eigenvalue weighted by Crippen LogP contribution is -2.78. The maximum absolute atomic E-state index is 12.9. The summed E-state index contributed by atoms with van der Waals surface area (Å²) in [7, 11) is 0. The highest BCUT2D eigenvalue weighted by molar-refractivity contribution is 5.73. The van der Waals surface area contributed by atoms with Crippen molar-refractivity contribution in [3.8, 4) is 0 Å². The molecule has 2 aliphatic heterocycles. The molecule has 50 heavy (non-hydrogen) atoms. The Labute approximate surface area is 287 Å². The van der Waals surface area contributed by atoms with E-state index in [0.29, 0.717) is 19.3 Å². The maximum Gasteiger partial charge on any atom is 0.508 e. The van der Waals surface area contributed by atoms with Gasteiger partial charge in [0.15, 0.2) is 5.60 Å². The first-order valence-corrected chi connectivity index (χ1v) is 16.0. The van der Waals surface area contributed by atoms with E-state index in [0.717, 1.165) is 5.56 Å². The Morgan fingerprint density at radius 3 is 2.04 bits per heavy atom. The molecule has 2 fully saturated rings. The minimum absolute atomic E-state index is 0.0430. The molecule has 1 aromatic carbocycles. The van der Waals surface area contributed by atoms with Crippen molar-refractivity contribution in [2.75, 3.05) is 0 Å². The number of hydrogen-bond acceptors (Lipinski definition) is 13. The van der Waals surface area contributed by atoms with Gasteiger partial charge in [-0.05, 0) is 55.1 Å². The molecule has 3 rings (SSSR count). The first-order valence-electron chi connectivity index (χ1n) is 16.0. The van der Waals surface area contributed by atoms with Gasteiger partial charge >= 0.3 is 36.0 Å². The molecule has 0 saturated carbocycles. The van der Waals surface area contributed by atoms with Crippen LogP contribution in [0.4, 0.5) is 14.4 Å². The summed E-state index contributed by atoms with van der Waals surface area (Å²) in [5.41, 5.74) is -2.54. The Morgan fingerprint density at radius 2 is 1.52 bits per heavy atom. The molecule has 0 spiro atoms. The van der Waals surface area contributed by atoms with E-state index in [2.05, 4.69) is 9.47 Å². The van der Waals surface area contributed by atoms with Crippen molar-refractivity contribution >= 4 is 24.4 Å². The second-order valence-corrected chi connectivity index (χ2v) is 13.3. The molecule has 2 saturated heterocycles. The van der Waals surface area contributed by atoms with Crippen LogP contribution < -0.4 is 0 Å². The van der Waals surface area contributed by atoms with Crippen LogP contribution >= 0.6 is 0 Å². The van der Waals surface area contributed by atoms with Gasteiger partial charge in [-0.25, -0.2) is 14.4 Å². The number of hydrogen-bond donors (Lipinski definition) is 8. The smallest absolute Gasteiger partial charge is 0.481 e. The normalized spacial score (nSPS) is 32.2. The highest BCUT2D eigenvalue weighted by atomic mass is 16.9. The third-order valence-corrected chi connectivity index (χ3v) is 9.54. The van der Waals surface area contributed by atoms with Gasteiger partial charge in [-0.3, -0.25) is 9.53 Å². The van der Waals surface area contributed by atoms with E-state index in [9.17, 15) is 60.0 Å². The Morgan fingerprint density at radius 1 is 0.920 bits per heavy atom. The number of aliphatic hydroxyl groups excluding tert-OH is 2. The number of carbonyl (C=O) groups is 4. The van der Waals surface area contributed by atoms with Crippen molar-refractivity contribution in [3.05, 3.63) is 47.5 Å². The topological polar surface area (TPSA) is 276 Å². The molecule has 0 radical (unpaired) electrons. The fourth-order valence-electron chi connectivity index (χ4n) is 6.92. The zero-order chi connectivity index (χ0) is 37.8. The fourth-order valence-corrected chi connectivity index (χ4v) is 6.92. The minimum Gasteiger partial charge on any atom is -0.481 e. The molecule has 4 unspecified atom stereocenters. The molecule has 11 atom stereocenters. The van der Waals surface area contributed by atoms with Crippen molar-refractivity contribution in [2.45, 2.75) is 108 Å². The maximum atomic E-state index is 12.9. The van der Waals surface area contributed by atoms with E-state index in [4.69, 9.17) is 14.2 Å². The second-order valence-electron chi connectivity index (χ2n) is 13.3. The van der Waals surface area contributed by atoms with Crippen molar-refractivity contribution in [3.63, 3.8) is 0 Å². The second kappa shape index (κ2) is 15.5. The van der Waals surface area contributed by atoms with Crippen LogP contribution in [-0.2, 0) is 34.9 Å². The largest absolute Gasteiger partial charge is 0.508 e. The molecule has 2 heterocycles. The lowest BCUT2D eigenvalue weighted by atomic mass is 9.69. The van der Waals surface area contributed by atoms with E-state index in [1.54, 1.807) is 13.8 Å². The third-order valence-electron chi connectivity index (χ3n) is 9.54. The quantitative estimate of drug-likeness (QED) is 0.0527. The third kappa shape index (κ3) is 7.67. The molecule has 0 aromatic heterocycles. The number of carboxylic acid groups (broad SMARTS) is 4. The lowest BCUT2D eigenvalue weighted by molar-refractivity contribution is -0.517. The van der Waals surface area contributed by atoms with Gasteiger partial charge in [0, 0.05) is 6.42 Å². The number of fused-ring (bicyclic) bond motifs is 2. The molecule has 8 N–H and O–H groups in total. The molecular weight excluding hydrogens is 668 g/mol. The summed E-state index contributed by atoms with van der Waals surface area (Å²) in [6, 6.07) is 9.18. The van der Waals surface area contributed by atoms with Gasteiger partial charge in [0.2, 0.25) is 5.79 Å². The van der Waals surface area contributed by atoms with Gasteiger partial charge in [-0.15, -0.1) is 0 Å². The van der Waals surface area contributed by atoms with Gasteiger partial charge in [-0.1, -0.05) is 70.5 Å². The molecule has 0 aliphatic carbocycles. The Hall–Kier alpha value is -4.00. The number of rotatable bonds is 16. The van der Waals surface area contributed by atoms with Gasteiger partial charge in [0.05, 0.1) is 12.0 Å². The van der Waals surface area contributed by atoms with E-state index in [-0.39, 0.29) is 11.5 Å². The van der Waals surface area contributed by atoms with Crippen molar-refractivity contribution in [1.29, 1.82) is 0 Å². The number of aliphatic carboxylic acids is 1. The van der Waals surface area contributed by atoms with Crippen molar-refractivity contribution in [1.82, 2.24) is 0 Å². The predicted molar refractivity (Wildman–Crippen MR) is 167 cm³/mol. The summed E-state index contributed by atoms with van der Waals surface area (Å²) in [5.74, 6) is -16.1. The molecule has 2 bridgehead atoms. The van der Waals surface area contributed by atoms with Crippen molar-refractivity contribution in [2.24, 2.45) is 23.7 Å². The average Bonchev–Trinajstić information content (AvgIpc) is 3.18. The molecule has 1 aromatic rings. The van der Waals surface area contributed by atoms with E-state index in [1.807, 2.05) is 44.2 Å². The molecule has 2 aliphatic rings. The summed E-state index contributed by atoms with van der Waals surface area (Å²) >= 11 is 0. The standard InChI is InChI=1S/C33H46O17/c1-6-17(2)14-18(3)15-22(24(35)36)31(44)25(37)30(13-12-19(4)23(34)20(5)16-21-10-8-7-9-11-21)47-26(46-27(38)39)32(45,48-28(40)41)33(31,50-30)49-29(42)43/h7-12,17-18,20,22-23,25-26,34,37,44-45H,6,13-16H2,1-5H3,(H,35,36)(H,38,39)(H,40,41)(H,42,43)/b19-12+/t17?,18?,20?,22-,23?,25-,26-,30-,31-,32+,33+/m0/s1. The first kappa shape index (κ1) is 40.4. The summed E-state index contributed by atoms with van der Waals surface area (Å²) in [5, 5.41) is 86.7.